The van der Waals surface area contributed by atoms with Crippen LogP contribution >= 0.6 is 0 Å². The van der Waals surface area contributed by atoms with E-state index in [9.17, 15) is 13.2 Å². The van der Waals surface area contributed by atoms with E-state index in [4.69, 9.17) is 14.2 Å². The van der Waals surface area contributed by atoms with E-state index in [-0.39, 0.29) is 64.3 Å². The summed E-state index contributed by atoms with van der Waals surface area (Å²) < 4.78 is 46.2. The Labute approximate surface area is 239 Å². The molecule has 2 aromatic heterocycles. The van der Waals surface area contributed by atoms with Crippen LogP contribution in [0.2, 0.25) is 0 Å². The van der Waals surface area contributed by atoms with Crippen LogP contribution < -0.4 is 19.5 Å². The fourth-order valence-corrected chi connectivity index (χ4v) is 5.36. The van der Waals surface area contributed by atoms with Gasteiger partial charge in [-0.1, -0.05) is 27.7 Å². The van der Waals surface area contributed by atoms with Gasteiger partial charge in [0.15, 0.2) is 4.90 Å². The molecule has 0 aliphatic carbocycles. The van der Waals surface area contributed by atoms with E-state index in [2.05, 4.69) is 25.0 Å². The number of methoxy groups -OCH3 is 2. The first kappa shape index (κ1) is 29.7. The molecule has 2 aromatic rings. The van der Waals surface area contributed by atoms with E-state index in [0.717, 1.165) is 18.7 Å². The molecule has 1 fully saturated rings. The number of fused-ring (bicyclic) bond motifs is 1. The average Bonchev–Trinajstić information content (AvgIpc) is 3.22. The van der Waals surface area contributed by atoms with Gasteiger partial charge in [0.05, 0.1) is 43.4 Å². The molecule has 0 spiro atoms. The van der Waals surface area contributed by atoms with E-state index in [0.29, 0.717) is 30.4 Å². The quantitative estimate of drug-likeness (QED) is 0.475. The van der Waals surface area contributed by atoms with E-state index in [1.807, 2.05) is 27.7 Å². The monoisotopic (exact) mass is 545 g/mol. The van der Waals surface area contributed by atoms with Crippen molar-refractivity contribution in [2.24, 2.45) is 0 Å². The summed E-state index contributed by atoms with van der Waals surface area (Å²) in [5, 5.41) is 6.90. The number of nitrogens with zero attached hydrogens (tertiary/aromatic N) is 4. The van der Waals surface area contributed by atoms with Gasteiger partial charge in [-0.15, -0.1) is 0 Å². The summed E-state index contributed by atoms with van der Waals surface area (Å²) >= 11 is 0. The fourth-order valence-electron chi connectivity index (χ4n) is 4.37. The maximum absolute atomic E-state index is 13.1. The van der Waals surface area contributed by atoms with Crippen LogP contribution in [0, 0.1) is 0 Å². The number of carbonyl (C=O) groups is 1. The van der Waals surface area contributed by atoms with Gasteiger partial charge < -0.3 is 19.5 Å². The van der Waals surface area contributed by atoms with Gasteiger partial charge in [-0.25, -0.2) is 27.6 Å². The Morgan fingerprint density at radius 1 is 1.16 bits per heavy atom. The average molecular weight is 546 g/mol. The third-order valence-corrected chi connectivity index (χ3v) is 7.78. The number of aromatic nitrogens is 3. The van der Waals surface area contributed by atoms with Crippen LogP contribution in [0.3, 0.4) is 0 Å². The van der Waals surface area contributed by atoms with Gasteiger partial charge >= 0.3 is 6.03 Å². The van der Waals surface area contributed by atoms with Crippen LogP contribution in [0.5, 0.6) is 11.8 Å². The largest absolute Gasteiger partial charge is 0.481 e. The molecule has 37 heavy (non-hydrogen) atoms. The number of pyridine rings is 1. The Hall–Kier alpha value is -1.90. The number of urea groups is 1. The van der Waals surface area contributed by atoms with Crippen molar-refractivity contribution in [1.29, 1.82) is 0 Å². The van der Waals surface area contributed by atoms with Gasteiger partial charge in [0.1, 0.15) is 6.61 Å². The maximum atomic E-state index is 13.1. The van der Waals surface area contributed by atoms with Gasteiger partial charge in [-0.05, 0) is 17.4 Å². The summed E-state index contributed by atoms with van der Waals surface area (Å²) in [6.45, 7) is 10.2. The second kappa shape index (κ2) is 11.9. The Morgan fingerprint density at radius 2 is 1.86 bits per heavy atom. The summed E-state index contributed by atoms with van der Waals surface area (Å²) in [7, 11) is -1.04. The Balaban J connectivity index is 0.00000380. The molecule has 0 unspecified atom stereocenters. The first-order valence-corrected chi connectivity index (χ1v) is 13.4. The van der Waals surface area contributed by atoms with Crippen molar-refractivity contribution in [1.82, 2.24) is 24.4 Å². The number of sulfonamides is 1. The number of anilines is 1. The fraction of sp³-hybridized carbons (Fsp3) is 0.609. The molecule has 1 saturated heterocycles. The van der Waals surface area contributed by atoms with Crippen LogP contribution in [0.15, 0.2) is 17.2 Å². The molecule has 1 radical (unpaired) electrons. The Morgan fingerprint density at radius 3 is 2.46 bits per heavy atom. The van der Waals surface area contributed by atoms with Gasteiger partial charge in [-0.2, -0.15) is 5.10 Å². The normalized spacial score (nSPS) is 18.0. The maximum Gasteiger partial charge on any atom is 0.333 e. The molecule has 14 heteroatoms. The smallest absolute Gasteiger partial charge is 0.333 e. The van der Waals surface area contributed by atoms with E-state index in [1.54, 1.807) is 13.2 Å². The van der Waals surface area contributed by atoms with E-state index in [1.165, 1.54) is 18.0 Å². The summed E-state index contributed by atoms with van der Waals surface area (Å²) in [5.74, 6) is 0.533. The predicted molar refractivity (Wildman–Crippen MR) is 138 cm³/mol. The van der Waals surface area contributed by atoms with Crippen molar-refractivity contribution in [3.8, 4) is 11.8 Å². The molecular formula is C23H34N6NaO6S. The van der Waals surface area contributed by atoms with Gasteiger partial charge in [0.2, 0.25) is 11.8 Å². The van der Waals surface area contributed by atoms with Gasteiger partial charge in [0, 0.05) is 55.8 Å². The molecule has 2 aliphatic rings. The molecule has 0 saturated carbocycles. The molecule has 0 bridgehead atoms. The number of hydrogen-bond donors (Lipinski definition) is 2. The number of hydrogen-bond acceptors (Lipinski definition) is 9. The van der Waals surface area contributed by atoms with Crippen molar-refractivity contribution < 1.29 is 27.4 Å². The van der Waals surface area contributed by atoms with Crippen LogP contribution in [0.25, 0.3) is 0 Å². The molecule has 1 atom stereocenters. The van der Waals surface area contributed by atoms with Crippen molar-refractivity contribution in [3.05, 3.63) is 23.5 Å². The number of carbonyl (C=O) groups excluding carboxylic acids is 1. The van der Waals surface area contributed by atoms with Crippen LogP contribution in [-0.4, -0.2) is 110 Å². The zero-order chi connectivity index (χ0) is 26.2. The minimum absolute atomic E-state index is 0. The zero-order valence-electron chi connectivity index (χ0n) is 22.4. The number of amides is 2. The summed E-state index contributed by atoms with van der Waals surface area (Å²) in [5.41, 5.74) is 1.86. The van der Waals surface area contributed by atoms with Crippen LogP contribution in [-0.2, 0) is 21.3 Å². The molecule has 2 amide bonds. The number of nitrogens with one attached hydrogen (secondary N) is 2. The Kier molecular flexibility index (Phi) is 9.51. The van der Waals surface area contributed by atoms with Gasteiger partial charge in [0.25, 0.3) is 10.0 Å². The third-order valence-electron chi connectivity index (χ3n) is 6.47. The topological polar surface area (TPSA) is 137 Å². The van der Waals surface area contributed by atoms with E-state index >= 15 is 0 Å². The molecule has 12 nitrogen and oxygen atoms in total. The van der Waals surface area contributed by atoms with Crippen molar-refractivity contribution in [2.75, 3.05) is 39.2 Å². The first-order valence-electron chi connectivity index (χ1n) is 11.9. The van der Waals surface area contributed by atoms with Crippen LogP contribution in [0.4, 0.5) is 10.5 Å². The SMILES string of the molecule is COc1cc(C(C)C)c(NC(=O)NS(=O)(=O)c2cnn3c2OC[C@@H](N2CC(OC)C2)C3)c(C(C)C)n1.[Na]. The molecule has 4 heterocycles. The standard InChI is InChI=1S/C23H34N6O6S.Na/c1-13(2)17-7-19(34-6)25-20(14(3)4)21(17)26-23(30)27-36(31,32)18-8-24-29-9-15(12-35-22(18)29)28-10-16(11-28)33-5;/h7-8,13-16H,9-12H2,1-6H3,(H2,26,27,30);/t15-;/m0./s1. The zero-order valence-corrected chi connectivity index (χ0v) is 25.3. The van der Waals surface area contributed by atoms with Crippen molar-refractivity contribution in [3.63, 3.8) is 0 Å². The minimum Gasteiger partial charge on any atom is -0.481 e. The summed E-state index contributed by atoms with van der Waals surface area (Å²) in [6.07, 6.45) is 1.41. The molecular weight excluding hydrogens is 511 g/mol. The first-order chi connectivity index (χ1) is 17.0. The van der Waals surface area contributed by atoms with Crippen LogP contribution in [0.1, 0.15) is 50.8 Å². The second-order valence-corrected chi connectivity index (χ2v) is 11.3. The minimum atomic E-state index is -4.25. The molecule has 2 N–H and O–H groups in total. The Bertz CT molecular complexity index is 1200. The van der Waals surface area contributed by atoms with Crippen molar-refractivity contribution >= 4 is 51.3 Å². The molecule has 2 aliphatic heterocycles. The predicted octanol–water partition coefficient (Wildman–Crippen LogP) is 1.75. The molecule has 0 aromatic carbocycles. The molecule has 199 valence electrons. The number of likely N-dealkylation sites (tertiary alicyclic amines) is 1. The van der Waals surface area contributed by atoms with E-state index < -0.39 is 16.1 Å². The third kappa shape index (κ3) is 6.23. The van der Waals surface area contributed by atoms with Crippen molar-refractivity contribution in [2.45, 2.75) is 63.1 Å². The second-order valence-electron chi connectivity index (χ2n) is 9.66. The molecule has 4 rings (SSSR count). The number of rotatable bonds is 8. The summed E-state index contributed by atoms with van der Waals surface area (Å²) in [6, 6.07) is 0.916. The number of ether oxygens (including phenoxy) is 3. The van der Waals surface area contributed by atoms with Gasteiger partial charge in [-0.3, -0.25) is 4.90 Å². The summed E-state index contributed by atoms with van der Waals surface area (Å²) in [4.78, 5) is 19.4.